The van der Waals surface area contributed by atoms with E-state index >= 15 is 0 Å². The van der Waals surface area contributed by atoms with Crippen molar-refractivity contribution >= 4 is 0 Å². The fraction of sp³-hybridized carbons (Fsp3) is 0.643. The summed E-state index contributed by atoms with van der Waals surface area (Å²) < 4.78 is 5.48. The average molecular weight is 236 g/mol. The van der Waals surface area contributed by atoms with Crippen LogP contribution in [-0.2, 0) is 13.0 Å². The number of hydrogen-bond donors (Lipinski definition) is 1. The quantitative estimate of drug-likeness (QED) is 0.790. The number of aryl methyl sites for hydroxylation is 1. The summed E-state index contributed by atoms with van der Waals surface area (Å²) in [5.74, 6) is 1.42. The molecular weight excluding hydrogens is 212 g/mol. The lowest BCUT2D eigenvalue weighted by atomic mass is 10.2. The number of aromatic nitrogens is 1. The third-order valence-corrected chi connectivity index (χ3v) is 2.45. The minimum Gasteiger partial charge on any atom is -0.478 e. The van der Waals surface area contributed by atoms with E-state index in [1.807, 2.05) is 13.0 Å². The Morgan fingerprint density at radius 1 is 1.29 bits per heavy atom. The molecule has 1 rings (SSSR count). The molecule has 0 atom stereocenters. The largest absolute Gasteiger partial charge is 0.478 e. The van der Waals surface area contributed by atoms with Crippen LogP contribution in [0.2, 0.25) is 0 Å². The van der Waals surface area contributed by atoms with Crippen LogP contribution in [0.15, 0.2) is 12.1 Å². The molecule has 1 aromatic heterocycles. The van der Waals surface area contributed by atoms with Gasteiger partial charge in [0, 0.05) is 18.3 Å². The van der Waals surface area contributed by atoms with Gasteiger partial charge >= 0.3 is 0 Å². The fourth-order valence-corrected chi connectivity index (χ4v) is 1.63. The van der Waals surface area contributed by atoms with Gasteiger partial charge < -0.3 is 10.1 Å². The summed E-state index contributed by atoms with van der Waals surface area (Å²) in [5.41, 5.74) is 2.35. The van der Waals surface area contributed by atoms with E-state index in [2.05, 4.69) is 37.1 Å². The van der Waals surface area contributed by atoms with Crippen molar-refractivity contribution in [3.8, 4) is 5.88 Å². The van der Waals surface area contributed by atoms with Gasteiger partial charge in [-0.3, -0.25) is 0 Å². The van der Waals surface area contributed by atoms with E-state index in [-0.39, 0.29) is 0 Å². The molecule has 0 aliphatic carbocycles. The number of rotatable bonds is 7. The number of ether oxygens (including phenoxy) is 1. The normalized spacial score (nSPS) is 10.9. The predicted octanol–water partition coefficient (Wildman–Crippen LogP) is 2.79. The minimum absolute atomic E-state index is 0.666. The SMILES string of the molecule is CCOc1cc(CNCC(C)C)cc(CC)n1. The second kappa shape index (κ2) is 7.28. The molecule has 0 aliphatic rings. The molecule has 0 radical (unpaired) electrons. The van der Waals surface area contributed by atoms with Crippen molar-refractivity contribution in [2.45, 2.75) is 40.7 Å². The molecule has 17 heavy (non-hydrogen) atoms. The lowest BCUT2D eigenvalue weighted by Crippen LogP contribution is -2.19. The van der Waals surface area contributed by atoms with Gasteiger partial charge in [-0.05, 0) is 37.4 Å². The number of pyridine rings is 1. The molecule has 0 unspecified atom stereocenters. The summed E-state index contributed by atoms with van der Waals surface area (Å²) in [5, 5.41) is 3.44. The van der Waals surface area contributed by atoms with Crippen LogP contribution < -0.4 is 10.1 Å². The number of nitrogens with one attached hydrogen (secondary N) is 1. The Balaban J connectivity index is 2.66. The zero-order valence-electron chi connectivity index (χ0n) is 11.4. The van der Waals surface area contributed by atoms with Crippen LogP contribution >= 0.6 is 0 Å². The lowest BCUT2D eigenvalue weighted by molar-refractivity contribution is 0.325. The summed E-state index contributed by atoms with van der Waals surface area (Å²) >= 11 is 0. The Hall–Kier alpha value is -1.09. The van der Waals surface area contributed by atoms with Gasteiger partial charge in [0.25, 0.3) is 0 Å². The van der Waals surface area contributed by atoms with Crippen molar-refractivity contribution in [1.29, 1.82) is 0 Å². The van der Waals surface area contributed by atoms with Gasteiger partial charge in [0.05, 0.1) is 6.61 Å². The molecule has 0 saturated carbocycles. The first kappa shape index (κ1) is 14.0. The zero-order valence-corrected chi connectivity index (χ0v) is 11.4. The Labute approximate surface area is 105 Å². The number of hydrogen-bond acceptors (Lipinski definition) is 3. The summed E-state index contributed by atoms with van der Waals surface area (Å²) in [6.07, 6.45) is 0.943. The zero-order chi connectivity index (χ0) is 12.7. The van der Waals surface area contributed by atoms with Crippen LogP contribution in [0.4, 0.5) is 0 Å². The first-order valence-electron chi connectivity index (χ1n) is 6.49. The summed E-state index contributed by atoms with van der Waals surface area (Å²) in [4.78, 5) is 4.43. The predicted molar refractivity (Wildman–Crippen MR) is 71.3 cm³/mol. The van der Waals surface area contributed by atoms with Crippen molar-refractivity contribution in [1.82, 2.24) is 10.3 Å². The van der Waals surface area contributed by atoms with Crippen LogP contribution in [0.3, 0.4) is 0 Å². The van der Waals surface area contributed by atoms with E-state index in [1.165, 1.54) is 5.56 Å². The molecule has 3 nitrogen and oxygen atoms in total. The summed E-state index contributed by atoms with van der Waals surface area (Å²) in [6.45, 7) is 11.1. The van der Waals surface area contributed by atoms with Gasteiger partial charge in [0.15, 0.2) is 0 Å². The van der Waals surface area contributed by atoms with E-state index in [1.54, 1.807) is 0 Å². The molecule has 3 heteroatoms. The molecule has 0 amide bonds. The van der Waals surface area contributed by atoms with E-state index in [0.717, 1.165) is 31.1 Å². The molecule has 1 N–H and O–H groups in total. The smallest absolute Gasteiger partial charge is 0.213 e. The van der Waals surface area contributed by atoms with E-state index < -0.39 is 0 Å². The fourth-order valence-electron chi connectivity index (χ4n) is 1.63. The topological polar surface area (TPSA) is 34.1 Å². The summed E-state index contributed by atoms with van der Waals surface area (Å²) in [6, 6.07) is 4.17. The Morgan fingerprint density at radius 3 is 2.65 bits per heavy atom. The second-order valence-electron chi connectivity index (χ2n) is 4.62. The average Bonchev–Trinajstić information content (AvgIpc) is 2.28. The second-order valence-corrected chi connectivity index (χ2v) is 4.62. The van der Waals surface area contributed by atoms with Crippen molar-refractivity contribution in [2.24, 2.45) is 5.92 Å². The third kappa shape index (κ3) is 5.18. The molecule has 0 aromatic carbocycles. The van der Waals surface area contributed by atoms with Crippen LogP contribution in [0.25, 0.3) is 0 Å². The van der Waals surface area contributed by atoms with Crippen LogP contribution in [0, 0.1) is 5.92 Å². The minimum atomic E-state index is 0.666. The highest BCUT2D eigenvalue weighted by Gasteiger charge is 2.03. The molecular formula is C14H24N2O. The third-order valence-electron chi connectivity index (χ3n) is 2.45. The Bertz CT molecular complexity index is 337. The van der Waals surface area contributed by atoms with Crippen molar-refractivity contribution in [2.75, 3.05) is 13.2 Å². The lowest BCUT2D eigenvalue weighted by Gasteiger charge is -2.10. The standard InChI is InChI=1S/C14H24N2O/c1-5-13-7-12(10-15-9-11(3)4)8-14(16-13)17-6-2/h7-8,11,15H,5-6,9-10H2,1-4H3. The first-order valence-corrected chi connectivity index (χ1v) is 6.49. The molecule has 0 aliphatic heterocycles. The van der Waals surface area contributed by atoms with Crippen LogP contribution in [0.1, 0.15) is 39.0 Å². The highest BCUT2D eigenvalue weighted by molar-refractivity contribution is 5.25. The van der Waals surface area contributed by atoms with Crippen LogP contribution in [-0.4, -0.2) is 18.1 Å². The van der Waals surface area contributed by atoms with Gasteiger partial charge in [0.2, 0.25) is 5.88 Å². The van der Waals surface area contributed by atoms with Crippen LogP contribution in [0.5, 0.6) is 5.88 Å². The maximum absolute atomic E-state index is 5.48. The molecule has 0 spiro atoms. The van der Waals surface area contributed by atoms with Gasteiger partial charge in [-0.2, -0.15) is 0 Å². The molecule has 0 bridgehead atoms. The van der Waals surface area contributed by atoms with Crippen molar-refractivity contribution in [3.05, 3.63) is 23.4 Å². The molecule has 0 saturated heterocycles. The highest BCUT2D eigenvalue weighted by atomic mass is 16.5. The molecule has 0 fully saturated rings. The van der Waals surface area contributed by atoms with Crippen molar-refractivity contribution < 1.29 is 4.74 Å². The highest BCUT2D eigenvalue weighted by Crippen LogP contribution is 2.13. The van der Waals surface area contributed by atoms with E-state index in [9.17, 15) is 0 Å². The van der Waals surface area contributed by atoms with E-state index in [4.69, 9.17) is 4.74 Å². The maximum Gasteiger partial charge on any atom is 0.213 e. The number of nitrogens with zero attached hydrogens (tertiary/aromatic N) is 1. The van der Waals surface area contributed by atoms with Gasteiger partial charge in [-0.25, -0.2) is 4.98 Å². The van der Waals surface area contributed by atoms with Gasteiger partial charge in [0.1, 0.15) is 0 Å². The first-order chi connectivity index (χ1) is 8.15. The van der Waals surface area contributed by atoms with Gasteiger partial charge in [-0.15, -0.1) is 0 Å². The molecule has 1 heterocycles. The Kier molecular flexibility index (Phi) is 5.98. The van der Waals surface area contributed by atoms with Gasteiger partial charge in [-0.1, -0.05) is 20.8 Å². The molecule has 96 valence electrons. The monoisotopic (exact) mass is 236 g/mol. The van der Waals surface area contributed by atoms with E-state index in [0.29, 0.717) is 12.5 Å². The molecule has 1 aromatic rings. The maximum atomic E-state index is 5.48. The van der Waals surface area contributed by atoms with Crippen molar-refractivity contribution in [3.63, 3.8) is 0 Å². The summed E-state index contributed by atoms with van der Waals surface area (Å²) in [7, 11) is 0. The Morgan fingerprint density at radius 2 is 2.06 bits per heavy atom.